The number of phenolic OH excluding ortho intramolecular Hbond substituents is 1. The molecule has 4 bridgehead atoms. The third-order valence-electron chi connectivity index (χ3n) is 11.4. The number of nitriles is 1. The van der Waals surface area contributed by atoms with Crippen LogP contribution in [0.1, 0.15) is 103 Å². The molecule has 0 aromatic heterocycles. The molecule has 0 saturated carbocycles. The maximum atomic E-state index is 13.8. The number of nitrogens with zero attached hydrogens (tertiary/aromatic N) is 3. The van der Waals surface area contributed by atoms with Gasteiger partial charge in [0.05, 0.1) is 30.5 Å². The Morgan fingerprint density at radius 3 is 2.55 bits per heavy atom. The van der Waals surface area contributed by atoms with Crippen LogP contribution in [0.5, 0.6) is 28.7 Å². The number of hydrogen-bond donors (Lipinski definition) is 1. The lowest BCUT2D eigenvalue weighted by Gasteiger charge is -2.61. The van der Waals surface area contributed by atoms with Gasteiger partial charge in [-0.15, -0.1) is 11.8 Å². The van der Waals surface area contributed by atoms with Gasteiger partial charge in [0.25, 0.3) is 0 Å². The lowest BCUT2D eigenvalue weighted by molar-refractivity contribution is -0.169. The van der Waals surface area contributed by atoms with Crippen molar-refractivity contribution in [3.63, 3.8) is 0 Å². The van der Waals surface area contributed by atoms with Crippen LogP contribution in [0.4, 0.5) is 0 Å². The van der Waals surface area contributed by atoms with E-state index in [2.05, 4.69) is 22.8 Å². The van der Waals surface area contributed by atoms with Crippen molar-refractivity contribution in [1.29, 1.82) is 5.26 Å². The average Bonchev–Trinajstić information content (AvgIpc) is 3.61. The molecule has 284 valence electrons. The molecule has 14 heteroatoms. The summed E-state index contributed by atoms with van der Waals surface area (Å²) in [7, 11) is 3.49. The number of phenols is 1. The van der Waals surface area contributed by atoms with E-state index >= 15 is 0 Å². The molecule has 6 aliphatic heterocycles. The smallest absolute Gasteiger partial charge is 0.348 e. The molecule has 53 heavy (non-hydrogen) atoms. The number of benzene rings is 2. The van der Waals surface area contributed by atoms with Crippen molar-refractivity contribution in [3.05, 3.63) is 39.4 Å². The molecule has 0 spiro atoms. The van der Waals surface area contributed by atoms with Crippen LogP contribution in [0.25, 0.3) is 0 Å². The number of aryl methyl sites for hydroxylation is 1. The van der Waals surface area contributed by atoms with Crippen molar-refractivity contribution in [2.24, 2.45) is 0 Å². The first-order valence-electron chi connectivity index (χ1n) is 18.4. The van der Waals surface area contributed by atoms with E-state index in [9.17, 15) is 24.8 Å². The van der Waals surface area contributed by atoms with Gasteiger partial charge in [-0.25, -0.2) is 4.79 Å². The summed E-state index contributed by atoms with van der Waals surface area (Å²) in [5, 5.41) is 22.3. The van der Waals surface area contributed by atoms with Crippen LogP contribution in [0.3, 0.4) is 0 Å². The Morgan fingerprint density at radius 2 is 1.83 bits per heavy atom. The summed E-state index contributed by atoms with van der Waals surface area (Å²) in [6.45, 7) is 6.89. The van der Waals surface area contributed by atoms with Gasteiger partial charge in [-0.1, -0.05) is 38.7 Å². The summed E-state index contributed by atoms with van der Waals surface area (Å²) in [6, 6.07) is 1.87. The quantitative estimate of drug-likeness (QED) is 0.195. The summed E-state index contributed by atoms with van der Waals surface area (Å²) in [5.74, 6) is -0.0487. The van der Waals surface area contributed by atoms with Crippen molar-refractivity contribution in [2.45, 2.75) is 114 Å². The molecule has 2 fully saturated rings. The predicted molar refractivity (Wildman–Crippen MR) is 193 cm³/mol. The number of rotatable bonds is 9. The number of hydrogen-bond acceptors (Lipinski definition) is 14. The summed E-state index contributed by atoms with van der Waals surface area (Å²) >= 11 is 1.37. The molecule has 1 N–H and O–H groups in total. The van der Waals surface area contributed by atoms with Gasteiger partial charge >= 0.3 is 17.9 Å². The largest absolute Gasteiger partial charge is 0.504 e. The number of unbranched alkanes of at least 4 members (excludes halogenated alkanes) is 4. The lowest BCUT2D eigenvalue weighted by Crippen LogP contribution is -2.69. The Kier molecular flexibility index (Phi) is 10.5. The molecular formula is C39H47N3O10S. The number of carbonyl (C=O) groups is 3. The van der Waals surface area contributed by atoms with Crippen LogP contribution in [-0.4, -0.2) is 90.4 Å². The second kappa shape index (κ2) is 14.9. The Labute approximate surface area is 313 Å². The fourth-order valence-electron chi connectivity index (χ4n) is 9.12. The average molecular weight is 750 g/mol. The van der Waals surface area contributed by atoms with E-state index in [1.807, 2.05) is 27.0 Å². The fourth-order valence-corrected chi connectivity index (χ4v) is 10.6. The molecule has 0 amide bonds. The molecular weight excluding hydrogens is 703 g/mol. The summed E-state index contributed by atoms with van der Waals surface area (Å²) in [6.07, 6.45) is 4.26. The highest BCUT2D eigenvalue weighted by Crippen LogP contribution is 2.64. The minimum absolute atomic E-state index is 0.0274. The molecule has 0 radical (unpaired) electrons. The molecule has 2 aromatic rings. The zero-order valence-corrected chi connectivity index (χ0v) is 31.9. The molecule has 2 saturated heterocycles. The highest BCUT2D eigenvalue weighted by Gasteiger charge is 2.60. The van der Waals surface area contributed by atoms with Gasteiger partial charge in [0.15, 0.2) is 23.0 Å². The molecule has 2 aromatic carbocycles. The maximum absolute atomic E-state index is 13.8. The molecule has 2 unspecified atom stereocenters. The van der Waals surface area contributed by atoms with Gasteiger partial charge in [0.2, 0.25) is 12.9 Å². The van der Waals surface area contributed by atoms with Crippen molar-refractivity contribution < 1.29 is 47.9 Å². The second-order valence-corrected chi connectivity index (χ2v) is 15.7. The molecule has 8 rings (SSSR count). The van der Waals surface area contributed by atoms with Gasteiger partial charge in [0.1, 0.15) is 18.4 Å². The topological polar surface area (TPSA) is 157 Å². The zero-order valence-electron chi connectivity index (χ0n) is 31.1. The van der Waals surface area contributed by atoms with E-state index in [0.29, 0.717) is 58.1 Å². The molecule has 6 aliphatic rings. The number of fused-ring (bicyclic) bond motifs is 10. The van der Waals surface area contributed by atoms with Crippen LogP contribution in [-0.2, 0) is 30.3 Å². The van der Waals surface area contributed by atoms with E-state index in [0.717, 1.165) is 36.8 Å². The number of aromatic hydroxyl groups is 1. The number of thioether (sulfide) groups is 1. The first-order chi connectivity index (χ1) is 25.5. The van der Waals surface area contributed by atoms with Crippen LogP contribution in [0, 0.1) is 25.2 Å². The standard InChI is InChI=1S/C39H47N3O10S/c1-7-8-9-10-11-12-27(44)52-26-17-53-38-30-29(37-36(49-18-50-37)20(3)35(30)51-21(4)43)25(16-48-39(26)46)42-24(15-40)23-14-22-13-19(2)34(47-6)33(45)28(22)31(32(38)42)41(23)5/h13,23-26,31-32,38,45H,7-12,14,16-18H2,1-6H3/t23-,24-,25-,26?,31+,32?,38+/m0/s1. The van der Waals surface area contributed by atoms with Gasteiger partial charge in [0, 0.05) is 53.4 Å². The number of piperazine rings is 1. The van der Waals surface area contributed by atoms with E-state index in [-0.39, 0.29) is 37.4 Å². The molecule has 0 aliphatic carbocycles. The summed E-state index contributed by atoms with van der Waals surface area (Å²) < 4.78 is 35.7. The Balaban J connectivity index is 1.40. The highest BCUT2D eigenvalue weighted by atomic mass is 32.2. The van der Waals surface area contributed by atoms with Gasteiger partial charge in [-0.2, -0.15) is 5.26 Å². The van der Waals surface area contributed by atoms with Gasteiger partial charge in [-0.3, -0.25) is 19.4 Å². The number of esters is 3. The zero-order chi connectivity index (χ0) is 37.7. The first kappa shape index (κ1) is 37.1. The summed E-state index contributed by atoms with van der Waals surface area (Å²) in [5.41, 5.74) is 4.26. The van der Waals surface area contributed by atoms with Gasteiger partial charge < -0.3 is 33.5 Å². The lowest BCUT2D eigenvalue weighted by atomic mass is 9.71. The van der Waals surface area contributed by atoms with Crippen molar-refractivity contribution in [3.8, 4) is 34.8 Å². The van der Waals surface area contributed by atoms with E-state index in [4.69, 9.17) is 28.4 Å². The van der Waals surface area contributed by atoms with E-state index < -0.39 is 53.4 Å². The second-order valence-electron chi connectivity index (χ2n) is 14.5. The van der Waals surface area contributed by atoms with Gasteiger partial charge in [-0.05, 0) is 44.9 Å². The Morgan fingerprint density at radius 1 is 1.08 bits per heavy atom. The minimum atomic E-state index is -1.19. The minimum Gasteiger partial charge on any atom is -0.504 e. The van der Waals surface area contributed by atoms with Crippen molar-refractivity contribution in [1.82, 2.24) is 9.80 Å². The molecule has 6 heterocycles. The molecule has 13 nitrogen and oxygen atoms in total. The Bertz CT molecular complexity index is 1860. The van der Waals surface area contributed by atoms with E-state index in [1.165, 1.54) is 25.8 Å². The maximum Gasteiger partial charge on any atom is 0.348 e. The third kappa shape index (κ3) is 6.24. The fraction of sp³-hybridized carbons (Fsp3) is 0.590. The van der Waals surface area contributed by atoms with Crippen LogP contribution in [0.2, 0.25) is 0 Å². The van der Waals surface area contributed by atoms with Crippen LogP contribution >= 0.6 is 11.8 Å². The number of likely N-dealkylation sites (N-methyl/N-ethyl adjacent to an activating group) is 1. The number of methoxy groups -OCH3 is 1. The van der Waals surface area contributed by atoms with Crippen molar-refractivity contribution >= 4 is 29.7 Å². The normalized spacial score (nSPS) is 27.1. The van der Waals surface area contributed by atoms with Crippen molar-refractivity contribution in [2.75, 3.05) is 33.3 Å². The first-order valence-corrected chi connectivity index (χ1v) is 19.5. The third-order valence-corrected chi connectivity index (χ3v) is 12.7. The predicted octanol–water partition coefficient (Wildman–Crippen LogP) is 5.50. The monoisotopic (exact) mass is 749 g/mol. The summed E-state index contributed by atoms with van der Waals surface area (Å²) in [4.78, 5) is 43.9. The van der Waals surface area contributed by atoms with E-state index in [1.54, 1.807) is 0 Å². The Hall–Kier alpha value is -4.19. The van der Waals surface area contributed by atoms with Crippen LogP contribution in [0.15, 0.2) is 6.07 Å². The SMILES string of the molecule is CCCCCCCC(=O)OC1CS[C@@H]2c3c(OC(C)=O)c(C)c4c(c3[C@H](COC1=O)N1C2[C@H]2c3c(cc(C)c(OC)c3O)C[C@@H]([C@@H]1C#N)N2C)OCO4. The molecule has 7 atom stereocenters. The number of ether oxygens (including phenoxy) is 6. The number of carbonyl (C=O) groups excluding carboxylic acids is 3. The highest BCUT2D eigenvalue weighted by molar-refractivity contribution is 7.99. The van der Waals surface area contributed by atoms with Crippen LogP contribution < -0.4 is 18.9 Å².